The summed E-state index contributed by atoms with van der Waals surface area (Å²) in [5.74, 6) is -0.179. The molecule has 1 aromatic carbocycles. The number of esters is 1. The fraction of sp³-hybridized carbons (Fsp3) is 0.417. The van der Waals surface area contributed by atoms with Gasteiger partial charge in [-0.2, -0.15) is 0 Å². The van der Waals surface area contributed by atoms with Gasteiger partial charge in [0, 0.05) is 6.54 Å². The summed E-state index contributed by atoms with van der Waals surface area (Å²) in [6, 6.07) is 6.02. The molecular weight excluding hydrogens is 190 g/mol. The number of hydrogen-bond acceptors (Lipinski definition) is 3. The number of methoxy groups -OCH3 is 1. The number of aryl methyl sites for hydroxylation is 1. The highest BCUT2D eigenvalue weighted by atomic mass is 16.5. The van der Waals surface area contributed by atoms with Crippen molar-refractivity contribution in [3.63, 3.8) is 0 Å². The summed E-state index contributed by atoms with van der Waals surface area (Å²) < 4.78 is 4.73. The van der Waals surface area contributed by atoms with Crippen molar-refractivity contribution in [1.29, 1.82) is 0 Å². The Balaban J connectivity index is 2.24. The summed E-state index contributed by atoms with van der Waals surface area (Å²) >= 11 is 0. The molecule has 15 heavy (non-hydrogen) atoms. The molecule has 0 bridgehead atoms. The lowest BCUT2D eigenvalue weighted by molar-refractivity contribution is -0.143. The second-order valence-corrected chi connectivity index (χ2v) is 3.87. The van der Waals surface area contributed by atoms with Crippen molar-refractivity contribution < 1.29 is 9.53 Å². The smallest absolute Gasteiger partial charge is 0.323 e. The van der Waals surface area contributed by atoms with Crippen molar-refractivity contribution in [3.05, 3.63) is 34.9 Å². The molecule has 3 nitrogen and oxygen atoms in total. The van der Waals surface area contributed by atoms with Crippen LogP contribution in [0.25, 0.3) is 0 Å². The predicted octanol–water partition coefficient (Wildman–Crippen LogP) is 1.18. The van der Waals surface area contributed by atoms with Gasteiger partial charge in [-0.05, 0) is 30.0 Å². The molecule has 80 valence electrons. The van der Waals surface area contributed by atoms with Crippen LogP contribution in [-0.4, -0.2) is 19.1 Å². The van der Waals surface area contributed by atoms with Gasteiger partial charge in [-0.3, -0.25) is 10.1 Å². The summed E-state index contributed by atoms with van der Waals surface area (Å²) in [6.07, 6.45) is 0.726. The molecule has 0 aliphatic carbocycles. The minimum atomic E-state index is -0.190. The largest absolute Gasteiger partial charge is 0.468 e. The first-order valence-corrected chi connectivity index (χ1v) is 5.11. The van der Waals surface area contributed by atoms with Crippen LogP contribution in [0.3, 0.4) is 0 Å². The molecular formula is C12H15NO2. The van der Waals surface area contributed by atoms with E-state index in [1.165, 1.54) is 23.8 Å². The van der Waals surface area contributed by atoms with E-state index in [9.17, 15) is 4.79 Å². The molecule has 0 amide bonds. The highest BCUT2D eigenvalue weighted by Crippen LogP contribution is 2.20. The maximum atomic E-state index is 11.4. The Morgan fingerprint density at radius 2 is 2.33 bits per heavy atom. The third-order valence-corrected chi connectivity index (χ3v) is 2.94. The number of carbonyl (C=O) groups is 1. The fourth-order valence-electron chi connectivity index (χ4n) is 2.03. The summed E-state index contributed by atoms with van der Waals surface area (Å²) in [6.45, 7) is 2.85. The molecule has 1 aromatic rings. The number of carbonyl (C=O) groups excluding carboxylic acids is 1. The van der Waals surface area contributed by atoms with E-state index in [1.54, 1.807) is 0 Å². The summed E-state index contributed by atoms with van der Waals surface area (Å²) in [5, 5.41) is 3.19. The summed E-state index contributed by atoms with van der Waals surface area (Å²) in [7, 11) is 1.43. The average Bonchev–Trinajstić information content (AvgIpc) is 2.28. The Kier molecular flexibility index (Phi) is 2.73. The van der Waals surface area contributed by atoms with E-state index in [4.69, 9.17) is 4.74 Å². The molecule has 0 spiro atoms. The molecule has 0 saturated heterocycles. The lowest BCUT2D eigenvalue weighted by atomic mass is 9.93. The van der Waals surface area contributed by atoms with Gasteiger partial charge in [0.1, 0.15) is 6.04 Å². The van der Waals surface area contributed by atoms with E-state index in [1.807, 2.05) is 6.07 Å². The van der Waals surface area contributed by atoms with Crippen LogP contribution >= 0.6 is 0 Å². The minimum absolute atomic E-state index is 0.179. The van der Waals surface area contributed by atoms with E-state index >= 15 is 0 Å². The third kappa shape index (κ3) is 1.88. The Morgan fingerprint density at radius 1 is 1.53 bits per heavy atom. The van der Waals surface area contributed by atoms with Crippen molar-refractivity contribution in [2.45, 2.75) is 25.9 Å². The standard InChI is InChI=1S/C12H15NO2/c1-8-4-3-5-9-6-11(12(14)15-2)13-7-10(8)9/h3-5,11,13H,6-7H2,1-2H3. The molecule has 1 heterocycles. The van der Waals surface area contributed by atoms with Gasteiger partial charge in [-0.15, -0.1) is 0 Å². The van der Waals surface area contributed by atoms with Crippen LogP contribution in [0.1, 0.15) is 16.7 Å². The van der Waals surface area contributed by atoms with E-state index in [2.05, 4.69) is 24.4 Å². The van der Waals surface area contributed by atoms with E-state index < -0.39 is 0 Å². The van der Waals surface area contributed by atoms with Gasteiger partial charge in [0.05, 0.1) is 7.11 Å². The average molecular weight is 205 g/mol. The highest BCUT2D eigenvalue weighted by Gasteiger charge is 2.24. The first-order valence-electron chi connectivity index (χ1n) is 5.11. The molecule has 1 unspecified atom stereocenters. The van der Waals surface area contributed by atoms with Crippen molar-refractivity contribution in [3.8, 4) is 0 Å². The maximum absolute atomic E-state index is 11.4. The quantitative estimate of drug-likeness (QED) is 0.700. The summed E-state index contributed by atoms with van der Waals surface area (Å²) in [4.78, 5) is 11.4. The van der Waals surface area contributed by atoms with Crippen LogP contribution in [0.15, 0.2) is 18.2 Å². The Bertz CT molecular complexity index is 387. The van der Waals surface area contributed by atoms with Crippen molar-refractivity contribution in [2.75, 3.05) is 7.11 Å². The second-order valence-electron chi connectivity index (χ2n) is 3.87. The molecule has 3 heteroatoms. The summed E-state index contributed by atoms with van der Waals surface area (Å²) in [5.41, 5.74) is 3.85. The molecule has 1 atom stereocenters. The second kappa shape index (κ2) is 4.03. The fourth-order valence-corrected chi connectivity index (χ4v) is 2.03. The van der Waals surface area contributed by atoms with Gasteiger partial charge < -0.3 is 4.74 Å². The Labute approximate surface area is 89.4 Å². The van der Waals surface area contributed by atoms with Gasteiger partial charge in [-0.1, -0.05) is 18.2 Å². The minimum Gasteiger partial charge on any atom is -0.468 e. The van der Waals surface area contributed by atoms with Gasteiger partial charge in [0.2, 0.25) is 0 Å². The molecule has 2 rings (SSSR count). The van der Waals surface area contributed by atoms with Gasteiger partial charge in [0.25, 0.3) is 0 Å². The number of hydrogen-bond donors (Lipinski definition) is 1. The maximum Gasteiger partial charge on any atom is 0.323 e. The molecule has 0 saturated carbocycles. The topological polar surface area (TPSA) is 38.3 Å². The molecule has 0 radical (unpaired) electrons. The normalized spacial score (nSPS) is 19.5. The third-order valence-electron chi connectivity index (χ3n) is 2.94. The van der Waals surface area contributed by atoms with Crippen molar-refractivity contribution in [2.24, 2.45) is 0 Å². The zero-order chi connectivity index (χ0) is 10.8. The first kappa shape index (κ1) is 10.2. The number of rotatable bonds is 1. The molecule has 1 aliphatic heterocycles. The van der Waals surface area contributed by atoms with Crippen LogP contribution in [0, 0.1) is 6.92 Å². The van der Waals surface area contributed by atoms with E-state index in [0.29, 0.717) is 0 Å². The monoisotopic (exact) mass is 205 g/mol. The number of benzene rings is 1. The Morgan fingerprint density at radius 3 is 3.07 bits per heavy atom. The van der Waals surface area contributed by atoms with E-state index in [0.717, 1.165) is 13.0 Å². The highest BCUT2D eigenvalue weighted by molar-refractivity contribution is 5.76. The zero-order valence-corrected chi connectivity index (χ0v) is 9.04. The number of fused-ring (bicyclic) bond motifs is 1. The van der Waals surface area contributed by atoms with Crippen LogP contribution in [0.4, 0.5) is 0 Å². The van der Waals surface area contributed by atoms with Crippen molar-refractivity contribution in [1.82, 2.24) is 5.32 Å². The SMILES string of the molecule is COC(=O)C1Cc2cccc(C)c2CN1. The lowest BCUT2D eigenvalue weighted by Crippen LogP contribution is -2.42. The Hall–Kier alpha value is -1.35. The zero-order valence-electron chi connectivity index (χ0n) is 9.04. The van der Waals surface area contributed by atoms with Gasteiger partial charge >= 0.3 is 5.97 Å². The molecule has 0 aromatic heterocycles. The molecule has 1 N–H and O–H groups in total. The molecule has 0 fully saturated rings. The van der Waals surface area contributed by atoms with Crippen LogP contribution in [-0.2, 0) is 22.5 Å². The predicted molar refractivity (Wildman–Crippen MR) is 57.5 cm³/mol. The van der Waals surface area contributed by atoms with Gasteiger partial charge in [-0.25, -0.2) is 0 Å². The van der Waals surface area contributed by atoms with Crippen LogP contribution in [0.5, 0.6) is 0 Å². The van der Waals surface area contributed by atoms with E-state index in [-0.39, 0.29) is 12.0 Å². The van der Waals surface area contributed by atoms with Crippen molar-refractivity contribution >= 4 is 5.97 Å². The molecule has 1 aliphatic rings. The lowest BCUT2D eigenvalue weighted by Gasteiger charge is -2.25. The van der Waals surface area contributed by atoms with Crippen LogP contribution < -0.4 is 5.32 Å². The first-order chi connectivity index (χ1) is 7.22. The van der Waals surface area contributed by atoms with Crippen LogP contribution in [0.2, 0.25) is 0 Å². The number of ether oxygens (including phenoxy) is 1. The van der Waals surface area contributed by atoms with Gasteiger partial charge in [0.15, 0.2) is 0 Å². The number of nitrogens with one attached hydrogen (secondary N) is 1.